The summed E-state index contributed by atoms with van der Waals surface area (Å²) in [4.78, 5) is 21.3. The highest BCUT2D eigenvalue weighted by atomic mass is 16.5. The van der Waals surface area contributed by atoms with Crippen molar-refractivity contribution in [3.05, 3.63) is 35.7 Å². The molecule has 1 N–H and O–H groups in total. The highest BCUT2D eigenvalue weighted by Crippen LogP contribution is 2.38. The Morgan fingerprint density at radius 3 is 2.96 bits per heavy atom. The van der Waals surface area contributed by atoms with Gasteiger partial charge in [0.25, 0.3) is 0 Å². The van der Waals surface area contributed by atoms with E-state index in [0.717, 1.165) is 34.7 Å². The summed E-state index contributed by atoms with van der Waals surface area (Å²) in [5.41, 5.74) is 3.69. The second-order valence-electron chi connectivity index (χ2n) is 6.46. The van der Waals surface area contributed by atoms with E-state index in [2.05, 4.69) is 9.97 Å². The average Bonchev–Trinajstić information content (AvgIpc) is 3.29. The van der Waals surface area contributed by atoms with Crippen LogP contribution < -0.4 is 9.64 Å². The van der Waals surface area contributed by atoms with Gasteiger partial charge in [0.05, 0.1) is 12.3 Å². The van der Waals surface area contributed by atoms with Crippen LogP contribution in [0.3, 0.4) is 0 Å². The maximum atomic E-state index is 11.4. The molecule has 1 saturated carbocycles. The Hall–Kier alpha value is -2.63. The Kier molecular flexibility index (Phi) is 3.59. The average molecular weight is 325 g/mol. The van der Waals surface area contributed by atoms with Crippen LogP contribution in [0.25, 0.3) is 11.3 Å². The van der Waals surface area contributed by atoms with Gasteiger partial charge in [-0.2, -0.15) is 0 Å². The first-order chi connectivity index (χ1) is 11.6. The van der Waals surface area contributed by atoms with E-state index in [9.17, 15) is 9.90 Å². The molecule has 0 bridgehead atoms. The summed E-state index contributed by atoms with van der Waals surface area (Å²) < 4.78 is 6.01. The number of benzene rings is 1. The lowest BCUT2D eigenvalue weighted by atomic mass is 10.0. The number of anilines is 1. The van der Waals surface area contributed by atoms with Crippen LogP contribution in [0.5, 0.6) is 5.75 Å². The van der Waals surface area contributed by atoms with Gasteiger partial charge in [-0.05, 0) is 44.2 Å². The maximum Gasteiger partial charge on any atom is 0.413 e. The van der Waals surface area contributed by atoms with Crippen molar-refractivity contribution in [2.75, 3.05) is 18.1 Å². The van der Waals surface area contributed by atoms with Crippen molar-refractivity contribution in [1.29, 1.82) is 0 Å². The van der Waals surface area contributed by atoms with Crippen LogP contribution in [0.4, 0.5) is 10.6 Å². The number of nitrogens with zero attached hydrogens (tertiary/aromatic N) is 3. The highest BCUT2D eigenvalue weighted by Gasteiger charge is 2.30. The lowest BCUT2D eigenvalue weighted by Crippen LogP contribution is -2.27. The molecular formula is C18H19N3O3. The third kappa shape index (κ3) is 2.68. The summed E-state index contributed by atoms with van der Waals surface area (Å²) in [6, 6.07) is 6.05. The highest BCUT2D eigenvalue weighted by molar-refractivity contribution is 5.89. The quantitative estimate of drug-likeness (QED) is 0.933. The van der Waals surface area contributed by atoms with Crippen LogP contribution in [0, 0.1) is 12.8 Å². The molecule has 0 radical (unpaired) electrons. The van der Waals surface area contributed by atoms with E-state index >= 15 is 0 Å². The molecule has 2 aromatic rings. The summed E-state index contributed by atoms with van der Waals surface area (Å²) in [6.07, 6.45) is 3.54. The number of amides is 1. The van der Waals surface area contributed by atoms with E-state index in [1.54, 1.807) is 0 Å². The van der Waals surface area contributed by atoms with Crippen molar-refractivity contribution in [2.24, 2.45) is 5.92 Å². The Balaban J connectivity index is 1.76. The fourth-order valence-corrected chi connectivity index (χ4v) is 3.06. The number of ether oxygens (including phenoxy) is 1. The zero-order chi connectivity index (χ0) is 16.7. The molecule has 1 amide bonds. The summed E-state index contributed by atoms with van der Waals surface area (Å²) in [6.45, 7) is 3.17. The van der Waals surface area contributed by atoms with Gasteiger partial charge in [-0.15, -0.1) is 0 Å². The molecule has 0 unspecified atom stereocenters. The van der Waals surface area contributed by atoms with Crippen LogP contribution in [0.2, 0.25) is 0 Å². The van der Waals surface area contributed by atoms with Crippen molar-refractivity contribution < 1.29 is 14.6 Å². The van der Waals surface area contributed by atoms with Crippen molar-refractivity contribution in [3.8, 4) is 17.0 Å². The monoisotopic (exact) mass is 325 g/mol. The van der Waals surface area contributed by atoms with E-state index in [4.69, 9.17) is 4.74 Å². The Labute approximate surface area is 140 Å². The molecule has 0 saturated heterocycles. The second kappa shape index (κ2) is 5.78. The Morgan fingerprint density at radius 1 is 1.38 bits per heavy atom. The smallest absolute Gasteiger partial charge is 0.413 e. The van der Waals surface area contributed by atoms with E-state index in [1.165, 1.54) is 24.1 Å². The molecule has 1 aliphatic carbocycles. The number of hydrogen-bond acceptors (Lipinski definition) is 4. The molecule has 124 valence electrons. The molecule has 2 heterocycles. The van der Waals surface area contributed by atoms with Crippen LogP contribution in [0.1, 0.15) is 24.0 Å². The number of carbonyl (C=O) groups is 1. The van der Waals surface area contributed by atoms with Gasteiger partial charge in [0.2, 0.25) is 0 Å². The number of rotatable bonds is 4. The molecule has 6 nitrogen and oxygen atoms in total. The van der Waals surface area contributed by atoms with E-state index in [-0.39, 0.29) is 0 Å². The second-order valence-corrected chi connectivity index (χ2v) is 6.46. The summed E-state index contributed by atoms with van der Waals surface area (Å²) in [7, 11) is 0. The lowest BCUT2D eigenvalue weighted by Gasteiger charge is -2.15. The molecule has 1 aromatic heterocycles. The van der Waals surface area contributed by atoms with Gasteiger partial charge in [0.15, 0.2) is 0 Å². The third-order valence-electron chi connectivity index (χ3n) is 4.56. The fraction of sp³-hybridized carbons (Fsp3) is 0.389. The predicted molar refractivity (Wildman–Crippen MR) is 89.5 cm³/mol. The molecule has 1 aromatic carbocycles. The van der Waals surface area contributed by atoms with Crippen molar-refractivity contribution in [1.82, 2.24) is 9.97 Å². The SMILES string of the molecule is Cc1ccc(OCC2CC2)c(-c2ncnc3c2CCN3C(=O)O)c1. The molecule has 4 rings (SSSR count). The first-order valence-corrected chi connectivity index (χ1v) is 8.21. The molecule has 1 fully saturated rings. The molecule has 0 atom stereocenters. The van der Waals surface area contributed by atoms with Gasteiger partial charge >= 0.3 is 6.09 Å². The zero-order valence-electron chi connectivity index (χ0n) is 13.5. The largest absolute Gasteiger partial charge is 0.493 e. The minimum Gasteiger partial charge on any atom is -0.493 e. The summed E-state index contributed by atoms with van der Waals surface area (Å²) in [5.74, 6) is 1.96. The van der Waals surface area contributed by atoms with Crippen LogP contribution >= 0.6 is 0 Å². The summed E-state index contributed by atoms with van der Waals surface area (Å²) in [5, 5.41) is 9.31. The van der Waals surface area contributed by atoms with E-state index in [0.29, 0.717) is 24.7 Å². The normalized spacial score (nSPS) is 16.1. The number of aryl methyl sites for hydroxylation is 1. The first-order valence-electron chi connectivity index (χ1n) is 8.21. The van der Waals surface area contributed by atoms with Crippen LogP contribution in [-0.2, 0) is 6.42 Å². The van der Waals surface area contributed by atoms with Gasteiger partial charge in [-0.1, -0.05) is 11.6 Å². The van der Waals surface area contributed by atoms with E-state index in [1.807, 2.05) is 25.1 Å². The van der Waals surface area contributed by atoms with Crippen molar-refractivity contribution >= 4 is 11.9 Å². The predicted octanol–water partition coefficient (Wildman–Crippen LogP) is 3.28. The van der Waals surface area contributed by atoms with Crippen LogP contribution in [0.15, 0.2) is 24.5 Å². The van der Waals surface area contributed by atoms with Gasteiger partial charge < -0.3 is 9.84 Å². The van der Waals surface area contributed by atoms with Crippen LogP contribution in [-0.4, -0.2) is 34.3 Å². The molecule has 2 aliphatic rings. The minimum absolute atomic E-state index is 0.417. The van der Waals surface area contributed by atoms with Gasteiger partial charge in [-0.25, -0.2) is 14.8 Å². The Morgan fingerprint density at radius 2 is 2.21 bits per heavy atom. The Bertz CT molecular complexity index is 802. The minimum atomic E-state index is -0.979. The number of aromatic nitrogens is 2. The fourth-order valence-electron chi connectivity index (χ4n) is 3.06. The number of fused-ring (bicyclic) bond motifs is 1. The van der Waals surface area contributed by atoms with Gasteiger partial charge in [0, 0.05) is 17.7 Å². The molecule has 0 spiro atoms. The molecule has 1 aliphatic heterocycles. The third-order valence-corrected chi connectivity index (χ3v) is 4.56. The molecular weight excluding hydrogens is 306 g/mol. The summed E-state index contributed by atoms with van der Waals surface area (Å²) >= 11 is 0. The van der Waals surface area contributed by atoms with E-state index < -0.39 is 6.09 Å². The topological polar surface area (TPSA) is 75.6 Å². The number of hydrogen-bond donors (Lipinski definition) is 1. The van der Waals surface area contributed by atoms with Crippen molar-refractivity contribution in [2.45, 2.75) is 26.2 Å². The van der Waals surface area contributed by atoms with Gasteiger partial charge in [-0.3, -0.25) is 4.90 Å². The zero-order valence-corrected chi connectivity index (χ0v) is 13.5. The molecule has 24 heavy (non-hydrogen) atoms. The van der Waals surface area contributed by atoms with Gasteiger partial charge in [0.1, 0.15) is 17.9 Å². The molecule has 6 heteroatoms. The standard InChI is InChI=1S/C18H19N3O3/c1-11-2-5-15(24-9-12-3-4-12)14(8-11)16-13-6-7-21(18(22)23)17(13)20-10-19-16/h2,5,8,10,12H,3-4,6-7,9H2,1H3,(H,22,23). The lowest BCUT2D eigenvalue weighted by molar-refractivity contribution is 0.202. The van der Waals surface area contributed by atoms with Crippen molar-refractivity contribution in [3.63, 3.8) is 0 Å². The first kappa shape index (κ1) is 14.9. The maximum absolute atomic E-state index is 11.4. The number of carboxylic acid groups (broad SMARTS) is 1.